The van der Waals surface area contributed by atoms with Crippen molar-refractivity contribution in [2.45, 2.75) is 37.1 Å². The third kappa shape index (κ3) is 4.87. The van der Waals surface area contributed by atoms with Crippen LogP contribution in [-0.2, 0) is 16.4 Å². The molecule has 2 aromatic rings. The minimum atomic E-state index is -3.48. The Morgan fingerprint density at radius 2 is 1.67 bits per heavy atom. The lowest BCUT2D eigenvalue weighted by molar-refractivity contribution is 0.238. The molecule has 0 unspecified atom stereocenters. The fraction of sp³-hybridized carbons (Fsp3) is 0.350. The molecule has 7 heteroatoms. The van der Waals surface area contributed by atoms with Crippen molar-refractivity contribution in [2.24, 2.45) is 0 Å². The lowest BCUT2D eigenvalue weighted by Gasteiger charge is -2.31. The predicted molar refractivity (Wildman–Crippen MR) is 106 cm³/mol. The summed E-state index contributed by atoms with van der Waals surface area (Å²) in [5.74, 6) is 0. The second-order valence-electron chi connectivity index (χ2n) is 6.64. The Bertz CT molecular complexity index is 859. The minimum absolute atomic E-state index is 0.0392. The summed E-state index contributed by atoms with van der Waals surface area (Å²) in [4.78, 5) is 12.4. The van der Waals surface area contributed by atoms with E-state index in [1.807, 2.05) is 49.4 Å². The van der Waals surface area contributed by atoms with E-state index < -0.39 is 10.0 Å². The fourth-order valence-corrected chi connectivity index (χ4v) is 4.63. The Balaban J connectivity index is 1.54. The van der Waals surface area contributed by atoms with Gasteiger partial charge in [-0.05, 0) is 49.1 Å². The predicted octanol–water partition coefficient (Wildman–Crippen LogP) is 3.22. The van der Waals surface area contributed by atoms with Crippen LogP contribution in [0.15, 0.2) is 59.5 Å². The summed E-state index contributed by atoms with van der Waals surface area (Å²) < 4.78 is 27.1. The lowest BCUT2D eigenvalue weighted by Crippen LogP contribution is -2.47. The van der Waals surface area contributed by atoms with Gasteiger partial charge in [-0.1, -0.05) is 37.3 Å². The summed E-state index contributed by atoms with van der Waals surface area (Å²) >= 11 is 0. The second-order valence-corrected chi connectivity index (χ2v) is 8.58. The van der Waals surface area contributed by atoms with Crippen LogP contribution in [0.2, 0.25) is 0 Å². The molecule has 1 fully saturated rings. The molecule has 2 amide bonds. The second kappa shape index (κ2) is 8.54. The Morgan fingerprint density at radius 1 is 1.04 bits per heavy atom. The van der Waals surface area contributed by atoms with E-state index in [-0.39, 0.29) is 12.1 Å². The summed E-state index contributed by atoms with van der Waals surface area (Å²) in [6.45, 7) is 2.83. The highest BCUT2D eigenvalue weighted by Crippen LogP contribution is 2.21. The van der Waals surface area contributed by atoms with Gasteiger partial charge in [-0.15, -0.1) is 0 Å². The van der Waals surface area contributed by atoms with Gasteiger partial charge in [0, 0.05) is 24.8 Å². The number of urea groups is 1. The molecule has 0 saturated carbocycles. The van der Waals surface area contributed by atoms with Crippen LogP contribution >= 0.6 is 0 Å². The largest absolute Gasteiger partial charge is 0.335 e. The maximum Gasteiger partial charge on any atom is 0.319 e. The van der Waals surface area contributed by atoms with Crippen LogP contribution in [0.5, 0.6) is 0 Å². The maximum absolute atomic E-state index is 12.8. The summed E-state index contributed by atoms with van der Waals surface area (Å²) in [5.41, 5.74) is 1.84. The van der Waals surface area contributed by atoms with Crippen LogP contribution in [0.4, 0.5) is 10.5 Å². The minimum Gasteiger partial charge on any atom is -0.335 e. The molecule has 0 spiro atoms. The van der Waals surface area contributed by atoms with Crippen LogP contribution in [0.1, 0.15) is 25.3 Å². The van der Waals surface area contributed by atoms with Crippen LogP contribution in [0, 0.1) is 0 Å². The van der Waals surface area contributed by atoms with Crippen molar-refractivity contribution in [1.82, 2.24) is 9.62 Å². The Kier molecular flexibility index (Phi) is 6.13. The van der Waals surface area contributed by atoms with Gasteiger partial charge >= 0.3 is 6.03 Å². The smallest absolute Gasteiger partial charge is 0.319 e. The first-order valence-electron chi connectivity index (χ1n) is 9.20. The summed E-state index contributed by atoms with van der Waals surface area (Å²) in [7, 11) is -3.48. The first-order chi connectivity index (χ1) is 13.0. The number of aryl methyl sites for hydroxylation is 1. The molecule has 1 aliphatic heterocycles. The Labute approximate surface area is 160 Å². The lowest BCUT2D eigenvalue weighted by atomic mass is 10.1. The molecule has 6 nitrogen and oxygen atoms in total. The van der Waals surface area contributed by atoms with Crippen LogP contribution in [0.25, 0.3) is 0 Å². The average Bonchev–Trinajstić information content (AvgIpc) is 2.69. The van der Waals surface area contributed by atoms with Crippen molar-refractivity contribution in [3.63, 3.8) is 0 Å². The number of piperidine rings is 1. The normalized spacial score (nSPS) is 16.0. The molecule has 144 valence electrons. The van der Waals surface area contributed by atoms with Gasteiger partial charge in [-0.3, -0.25) is 0 Å². The van der Waals surface area contributed by atoms with Crippen LogP contribution < -0.4 is 10.6 Å². The number of nitrogens with zero attached hydrogens (tertiary/aromatic N) is 1. The van der Waals surface area contributed by atoms with Crippen molar-refractivity contribution >= 4 is 21.7 Å². The number of hydrogen-bond acceptors (Lipinski definition) is 3. The third-order valence-electron chi connectivity index (χ3n) is 4.79. The number of hydrogen-bond donors (Lipinski definition) is 2. The highest BCUT2D eigenvalue weighted by molar-refractivity contribution is 7.89. The molecular formula is C20H25N3O3S. The van der Waals surface area contributed by atoms with Gasteiger partial charge in [0.25, 0.3) is 0 Å². The van der Waals surface area contributed by atoms with Gasteiger partial charge in [-0.25, -0.2) is 13.2 Å². The summed E-state index contributed by atoms with van der Waals surface area (Å²) in [6.07, 6.45) is 2.06. The third-order valence-corrected chi connectivity index (χ3v) is 6.70. The number of amides is 2. The molecule has 0 atom stereocenters. The number of carbonyl (C=O) groups excluding carboxylic acids is 1. The zero-order valence-corrected chi connectivity index (χ0v) is 16.2. The first-order valence-corrected chi connectivity index (χ1v) is 10.6. The van der Waals surface area contributed by atoms with Crippen molar-refractivity contribution in [1.29, 1.82) is 0 Å². The zero-order chi connectivity index (χ0) is 19.3. The quantitative estimate of drug-likeness (QED) is 0.827. The average molecular weight is 388 g/mol. The van der Waals surface area contributed by atoms with E-state index in [9.17, 15) is 13.2 Å². The molecule has 1 heterocycles. The monoisotopic (exact) mass is 387 g/mol. The molecule has 2 aromatic carbocycles. The van der Waals surface area contributed by atoms with E-state index in [0.29, 0.717) is 30.8 Å². The van der Waals surface area contributed by atoms with E-state index in [1.54, 1.807) is 12.1 Å². The molecule has 1 saturated heterocycles. The first kappa shape index (κ1) is 19.4. The molecule has 0 bridgehead atoms. The SMILES string of the molecule is CCc1ccc(S(=O)(=O)N2CCC(NC(=O)Nc3ccccc3)CC2)cc1. The Hall–Kier alpha value is -2.38. The van der Waals surface area contributed by atoms with E-state index in [0.717, 1.165) is 17.7 Å². The Morgan fingerprint density at radius 3 is 2.26 bits per heavy atom. The highest BCUT2D eigenvalue weighted by Gasteiger charge is 2.29. The number of anilines is 1. The topological polar surface area (TPSA) is 78.5 Å². The van der Waals surface area contributed by atoms with E-state index in [4.69, 9.17) is 0 Å². The van der Waals surface area contributed by atoms with Crippen LogP contribution in [-0.4, -0.2) is 37.9 Å². The van der Waals surface area contributed by atoms with Crippen molar-refractivity contribution in [3.05, 3.63) is 60.2 Å². The van der Waals surface area contributed by atoms with Gasteiger partial charge < -0.3 is 10.6 Å². The van der Waals surface area contributed by atoms with Gasteiger partial charge in [0.2, 0.25) is 10.0 Å². The number of nitrogens with one attached hydrogen (secondary N) is 2. The van der Waals surface area contributed by atoms with Gasteiger partial charge in [0.1, 0.15) is 0 Å². The summed E-state index contributed by atoms with van der Waals surface area (Å²) in [6, 6.07) is 16.0. The fourth-order valence-electron chi connectivity index (χ4n) is 3.16. The number of benzene rings is 2. The van der Waals surface area contributed by atoms with Crippen molar-refractivity contribution < 1.29 is 13.2 Å². The molecule has 0 radical (unpaired) electrons. The molecule has 0 aromatic heterocycles. The standard InChI is InChI=1S/C20H25N3O3S/c1-2-16-8-10-19(11-9-16)27(25,26)23-14-12-18(13-15-23)22-20(24)21-17-6-4-3-5-7-17/h3-11,18H,2,12-15H2,1H3,(H2,21,22,24). The van der Waals surface area contributed by atoms with Gasteiger partial charge in [-0.2, -0.15) is 4.31 Å². The van der Waals surface area contributed by atoms with E-state index >= 15 is 0 Å². The number of sulfonamides is 1. The van der Waals surface area contributed by atoms with Crippen LogP contribution in [0.3, 0.4) is 0 Å². The number of carbonyl (C=O) groups is 1. The number of rotatable bonds is 5. The van der Waals surface area contributed by atoms with E-state index in [2.05, 4.69) is 10.6 Å². The molecular weight excluding hydrogens is 362 g/mol. The molecule has 3 rings (SSSR count). The van der Waals surface area contributed by atoms with Crippen molar-refractivity contribution in [3.8, 4) is 0 Å². The van der Waals surface area contributed by atoms with Gasteiger partial charge in [0.15, 0.2) is 0 Å². The molecule has 27 heavy (non-hydrogen) atoms. The van der Waals surface area contributed by atoms with Gasteiger partial charge in [0.05, 0.1) is 4.90 Å². The molecule has 2 N–H and O–H groups in total. The zero-order valence-electron chi connectivity index (χ0n) is 15.4. The molecule has 1 aliphatic rings. The summed E-state index contributed by atoms with van der Waals surface area (Å²) in [5, 5.41) is 5.71. The maximum atomic E-state index is 12.8. The van der Waals surface area contributed by atoms with E-state index in [1.165, 1.54) is 4.31 Å². The highest BCUT2D eigenvalue weighted by atomic mass is 32.2. The number of para-hydroxylation sites is 1. The molecule has 0 aliphatic carbocycles. The van der Waals surface area contributed by atoms with Crippen molar-refractivity contribution in [2.75, 3.05) is 18.4 Å².